The standard InChI is InChI=1S/C49H60O2/c1-15-23-26-28-32-45(37(10)29-18-4)42(20-6)38(11)34-40(13)49(47(50)33-27-24-16-2)44(22-8)46(30-19-5)43(21-7)39(12)35-48(51)41(14)36(9)31-25-17-3/h15-22,24,26-35,47,50-51H,1,3,6-8,10,12,14,23,25H2,2,4-5,9,11,13H3/b24-16-,28-26-,29-18-,30-19-,33-27-,36-31+,40-34+,42-38+,45-32+,46-43?,48-35+,49-44-. The fourth-order valence-electron chi connectivity index (χ4n) is 5.13. The molecule has 0 fully saturated rings. The maximum Gasteiger partial charge on any atom is 0.123 e. The van der Waals surface area contributed by atoms with Crippen LogP contribution in [0.5, 0.6) is 0 Å². The predicted molar refractivity (Wildman–Crippen MR) is 229 cm³/mol. The van der Waals surface area contributed by atoms with Gasteiger partial charge in [0.05, 0.1) is 6.10 Å². The highest BCUT2D eigenvalue weighted by Gasteiger charge is 2.19. The maximum absolute atomic E-state index is 11.8. The van der Waals surface area contributed by atoms with Gasteiger partial charge in [-0.25, -0.2) is 0 Å². The monoisotopic (exact) mass is 680 g/mol. The van der Waals surface area contributed by atoms with Crippen molar-refractivity contribution < 1.29 is 10.2 Å². The van der Waals surface area contributed by atoms with E-state index in [1.54, 1.807) is 30.4 Å². The van der Waals surface area contributed by atoms with Crippen LogP contribution in [0.2, 0.25) is 0 Å². The Morgan fingerprint density at radius 3 is 1.78 bits per heavy atom. The zero-order chi connectivity index (χ0) is 38.9. The zero-order valence-electron chi connectivity index (χ0n) is 32.0. The predicted octanol–water partition coefficient (Wildman–Crippen LogP) is 13.7. The zero-order valence-corrected chi connectivity index (χ0v) is 32.0. The van der Waals surface area contributed by atoms with Crippen LogP contribution in [0.25, 0.3) is 0 Å². The molecule has 0 saturated carbocycles. The second kappa shape index (κ2) is 25.5. The lowest BCUT2D eigenvalue weighted by Gasteiger charge is -2.21. The average Bonchev–Trinajstić information content (AvgIpc) is 3.10. The molecular weight excluding hydrogens is 621 g/mol. The van der Waals surface area contributed by atoms with Crippen LogP contribution in [0.15, 0.2) is 241 Å². The molecule has 0 aliphatic carbocycles. The van der Waals surface area contributed by atoms with E-state index >= 15 is 0 Å². The minimum absolute atomic E-state index is 0.00726. The lowest BCUT2D eigenvalue weighted by molar-refractivity contribution is 0.260. The Hall–Kier alpha value is -5.44. The first-order chi connectivity index (χ1) is 24.3. The van der Waals surface area contributed by atoms with E-state index in [1.807, 2.05) is 127 Å². The molecular formula is C49H60O2. The van der Waals surface area contributed by atoms with Gasteiger partial charge >= 0.3 is 0 Å². The maximum atomic E-state index is 11.8. The second-order valence-corrected chi connectivity index (χ2v) is 11.5. The molecule has 0 rings (SSSR count). The third-order valence-corrected chi connectivity index (χ3v) is 7.73. The van der Waals surface area contributed by atoms with E-state index in [9.17, 15) is 10.2 Å². The SMILES string of the molecule is C=CC\C=C/C=C(C(=C)/C=C\C)/C(C=C)=C(C)/C=C(C)/C(=C(\C=C)C(/C=C\C)=C(C=C)C(=C)/C=C(/O)C(=C)/C(C)=C/CC=C)C(O)/C=C\C=C/C. The number of allylic oxidation sites excluding steroid dienone is 27. The van der Waals surface area contributed by atoms with Gasteiger partial charge in [-0.15, -0.1) is 13.2 Å². The Morgan fingerprint density at radius 1 is 0.647 bits per heavy atom. The quantitative estimate of drug-likeness (QED) is 0.0679. The Labute approximate surface area is 310 Å². The molecule has 51 heavy (non-hydrogen) atoms. The summed E-state index contributed by atoms with van der Waals surface area (Å²) < 4.78 is 0. The summed E-state index contributed by atoms with van der Waals surface area (Å²) in [5, 5.41) is 22.8. The molecule has 0 aliphatic heterocycles. The Morgan fingerprint density at radius 2 is 1.25 bits per heavy atom. The summed E-state index contributed by atoms with van der Waals surface area (Å²) in [4.78, 5) is 0. The molecule has 0 radical (unpaired) electrons. The van der Waals surface area contributed by atoms with Crippen molar-refractivity contribution in [2.24, 2.45) is 0 Å². The molecule has 0 amide bonds. The van der Waals surface area contributed by atoms with Gasteiger partial charge in [-0.3, -0.25) is 0 Å². The van der Waals surface area contributed by atoms with Crippen molar-refractivity contribution in [1.29, 1.82) is 0 Å². The Bertz CT molecular complexity index is 1710. The topological polar surface area (TPSA) is 40.5 Å². The molecule has 0 spiro atoms. The lowest BCUT2D eigenvalue weighted by Crippen LogP contribution is -2.12. The van der Waals surface area contributed by atoms with Crippen LogP contribution in [0.1, 0.15) is 54.4 Å². The molecule has 0 aromatic heterocycles. The van der Waals surface area contributed by atoms with Gasteiger partial charge in [-0.1, -0.05) is 149 Å². The van der Waals surface area contributed by atoms with Gasteiger partial charge in [0.1, 0.15) is 5.76 Å². The van der Waals surface area contributed by atoms with Crippen molar-refractivity contribution in [2.45, 2.75) is 60.5 Å². The molecule has 0 aromatic rings. The summed E-state index contributed by atoms with van der Waals surface area (Å²) in [6.45, 7) is 44.3. The van der Waals surface area contributed by atoms with E-state index in [-0.39, 0.29) is 5.76 Å². The smallest absolute Gasteiger partial charge is 0.123 e. The van der Waals surface area contributed by atoms with E-state index < -0.39 is 6.10 Å². The fraction of sp³-hybridized carbons (Fsp3) is 0.184. The number of aliphatic hydroxyl groups is 2. The third-order valence-electron chi connectivity index (χ3n) is 7.73. The molecule has 0 heterocycles. The van der Waals surface area contributed by atoms with E-state index in [0.29, 0.717) is 34.3 Å². The Balaban J connectivity index is 8.13. The van der Waals surface area contributed by atoms with E-state index in [2.05, 4.69) is 52.6 Å². The molecule has 0 saturated heterocycles. The fourth-order valence-corrected chi connectivity index (χ4v) is 5.13. The van der Waals surface area contributed by atoms with Gasteiger partial charge < -0.3 is 10.2 Å². The van der Waals surface area contributed by atoms with Gasteiger partial charge in [0, 0.05) is 5.57 Å². The van der Waals surface area contributed by atoms with Crippen molar-refractivity contribution in [3.8, 4) is 0 Å². The number of rotatable bonds is 22. The molecule has 0 aromatic carbocycles. The van der Waals surface area contributed by atoms with Gasteiger partial charge in [0.25, 0.3) is 0 Å². The van der Waals surface area contributed by atoms with Crippen molar-refractivity contribution in [3.63, 3.8) is 0 Å². The van der Waals surface area contributed by atoms with Crippen molar-refractivity contribution in [2.75, 3.05) is 0 Å². The summed E-state index contributed by atoms with van der Waals surface area (Å²) in [5.74, 6) is -0.00726. The van der Waals surface area contributed by atoms with Crippen molar-refractivity contribution in [1.82, 2.24) is 0 Å². The largest absolute Gasteiger partial charge is 0.507 e. The average molecular weight is 681 g/mol. The first-order valence-corrected chi connectivity index (χ1v) is 17.1. The van der Waals surface area contributed by atoms with Crippen molar-refractivity contribution in [3.05, 3.63) is 241 Å². The summed E-state index contributed by atoms with van der Waals surface area (Å²) in [7, 11) is 0. The van der Waals surface area contributed by atoms with Crippen LogP contribution in [-0.2, 0) is 0 Å². The third kappa shape index (κ3) is 14.9. The molecule has 2 N–H and O–H groups in total. The van der Waals surface area contributed by atoms with Crippen LogP contribution in [0.3, 0.4) is 0 Å². The normalized spacial score (nSPS) is 15.6. The minimum atomic E-state index is -0.999. The van der Waals surface area contributed by atoms with Crippen LogP contribution in [-0.4, -0.2) is 16.3 Å². The molecule has 1 unspecified atom stereocenters. The molecule has 268 valence electrons. The van der Waals surface area contributed by atoms with Gasteiger partial charge in [0.15, 0.2) is 0 Å². The van der Waals surface area contributed by atoms with E-state index in [1.165, 1.54) is 0 Å². The molecule has 0 aliphatic rings. The molecule has 0 bridgehead atoms. The lowest BCUT2D eigenvalue weighted by atomic mass is 9.85. The van der Waals surface area contributed by atoms with Crippen LogP contribution in [0.4, 0.5) is 0 Å². The van der Waals surface area contributed by atoms with Crippen molar-refractivity contribution >= 4 is 0 Å². The van der Waals surface area contributed by atoms with Crippen LogP contribution in [0, 0.1) is 0 Å². The van der Waals surface area contributed by atoms with Gasteiger partial charge in [-0.05, 0) is 122 Å². The van der Waals surface area contributed by atoms with E-state index in [0.717, 1.165) is 45.4 Å². The molecule has 2 nitrogen and oxygen atoms in total. The number of aliphatic hydroxyl groups excluding tert-OH is 2. The summed E-state index contributed by atoms with van der Waals surface area (Å²) in [5.41, 5.74) is 8.94. The highest BCUT2D eigenvalue weighted by molar-refractivity contribution is 5.65. The summed E-state index contributed by atoms with van der Waals surface area (Å²) >= 11 is 0. The minimum Gasteiger partial charge on any atom is -0.507 e. The first-order valence-electron chi connectivity index (χ1n) is 17.1. The van der Waals surface area contributed by atoms with E-state index in [4.69, 9.17) is 0 Å². The summed E-state index contributed by atoms with van der Waals surface area (Å²) in [6, 6.07) is 0. The highest BCUT2D eigenvalue weighted by atomic mass is 16.3. The highest BCUT2D eigenvalue weighted by Crippen LogP contribution is 2.33. The van der Waals surface area contributed by atoms with Crippen LogP contribution >= 0.6 is 0 Å². The molecule has 1 atom stereocenters. The first kappa shape index (κ1) is 45.6. The number of hydrogen-bond acceptors (Lipinski definition) is 2. The van der Waals surface area contributed by atoms with Gasteiger partial charge in [-0.2, -0.15) is 0 Å². The van der Waals surface area contributed by atoms with Crippen LogP contribution < -0.4 is 0 Å². The Kier molecular flexibility index (Phi) is 22.8. The molecule has 2 heteroatoms. The van der Waals surface area contributed by atoms with Gasteiger partial charge in [0.2, 0.25) is 0 Å². The second-order valence-electron chi connectivity index (χ2n) is 11.5. The summed E-state index contributed by atoms with van der Waals surface area (Å²) in [6.07, 6.45) is 36.0. The number of hydrogen-bond donors (Lipinski definition) is 2.